The van der Waals surface area contributed by atoms with Gasteiger partial charge < -0.3 is 4.74 Å². The molecule has 3 aromatic rings. The van der Waals surface area contributed by atoms with Crippen molar-refractivity contribution < 1.29 is 9.53 Å². The summed E-state index contributed by atoms with van der Waals surface area (Å²) < 4.78 is 6.39. The number of amides is 1. The smallest absolute Gasteiger partial charge is 0.332 e. The number of carbonyl (C=O) groups excluding carboxylic acids is 1. The van der Waals surface area contributed by atoms with Crippen molar-refractivity contribution in [1.82, 2.24) is 9.55 Å². The van der Waals surface area contributed by atoms with Gasteiger partial charge in [-0.05, 0) is 47.5 Å². The molecule has 0 aliphatic carbocycles. The van der Waals surface area contributed by atoms with Crippen molar-refractivity contribution >= 4 is 11.8 Å². The Labute approximate surface area is 138 Å². The van der Waals surface area contributed by atoms with Crippen molar-refractivity contribution in [3.05, 3.63) is 72.5 Å². The fourth-order valence-corrected chi connectivity index (χ4v) is 2.23. The van der Waals surface area contributed by atoms with Gasteiger partial charge in [0.2, 0.25) is 0 Å². The van der Waals surface area contributed by atoms with Crippen molar-refractivity contribution in [3.8, 4) is 16.9 Å². The molecular weight excluding hydrogens is 304 g/mol. The van der Waals surface area contributed by atoms with Gasteiger partial charge in [-0.3, -0.25) is 15.3 Å². The lowest BCUT2D eigenvalue weighted by atomic mass is 10.1. The molecule has 1 aromatic carbocycles. The van der Waals surface area contributed by atoms with Crippen LogP contribution in [0.1, 0.15) is 0 Å². The van der Waals surface area contributed by atoms with E-state index < -0.39 is 6.03 Å². The topological polar surface area (TPSA) is 80.0 Å². The molecule has 3 rings (SSSR count). The van der Waals surface area contributed by atoms with Crippen molar-refractivity contribution in [1.29, 1.82) is 5.41 Å². The summed E-state index contributed by atoms with van der Waals surface area (Å²) in [5, 5.41) is 10.6. The van der Waals surface area contributed by atoms with Gasteiger partial charge in [-0.15, -0.1) is 0 Å². The van der Waals surface area contributed by atoms with E-state index in [1.165, 1.54) is 4.57 Å². The number of hydrogen-bond acceptors (Lipinski definition) is 4. The zero-order chi connectivity index (χ0) is 16.9. The van der Waals surface area contributed by atoms with Crippen LogP contribution in [0, 0.1) is 5.41 Å². The molecule has 6 heteroatoms. The number of aromatic nitrogens is 2. The largest absolute Gasteiger partial charge is 0.497 e. The minimum atomic E-state index is -0.436. The van der Waals surface area contributed by atoms with E-state index in [0.717, 1.165) is 16.9 Å². The van der Waals surface area contributed by atoms with Crippen LogP contribution in [0.5, 0.6) is 5.75 Å². The number of carbonyl (C=O) groups is 1. The number of methoxy groups -OCH3 is 1. The predicted octanol–water partition coefficient (Wildman–Crippen LogP) is 3.12. The lowest BCUT2D eigenvalue weighted by molar-refractivity contribution is 0.252. The third kappa shape index (κ3) is 3.33. The molecule has 0 aliphatic heterocycles. The van der Waals surface area contributed by atoms with E-state index in [2.05, 4.69) is 10.3 Å². The fraction of sp³-hybridized carbons (Fsp3) is 0.0556. The molecule has 2 aromatic heterocycles. The molecule has 0 spiro atoms. The minimum absolute atomic E-state index is 0.0840. The summed E-state index contributed by atoms with van der Waals surface area (Å²) in [5.74, 6) is 1.20. The van der Waals surface area contributed by atoms with Crippen LogP contribution in [0.25, 0.3) is 11.1 Å². The Morgan fingerprint density at radius 1 is 1.08 bits per heavy atom. The van der Waals surface area contributed by atoms with Crippen LogP contribution in [0.2, 0.25) is 0 Å². The van der Waals surface area contributed by atoms with Crippen LogP contribution in [0.4, 0.5) is 10.6 Å². The average molecular weight is 320 g/mol. The molecule has 0 unspecified atom stereocenters. The number of nitrogens with one attached hydrogen (secondary N) is 2. The van der Waals surface area contributed by atoms with Gasteiger partial charge in [0, 0.05) is 12.4 Å². The quantitative estimate of drug-likeness (QED) is 0.778. The fourth-order valence-electron chi connectivity index (χ4n) is 2.23. The van der Waals surface area contributed by atoms with Crippen LogP contribution in [-0.2, 0) is 0 Å². The van der Waals surface area contributed by atoms with E-state index >= 15 is 0 Å². The van der Waals surface area contributed by atoms with Crippen LogP contribution < -0.4 is 15.5 Å². The van der Waals surface area contributed by atoms with Crippen molar-refractivity contribution in [2.24, 2.45) is 0 Å². The molecular formula is C18H16N4O2. The van der Waals surface area contributed by atoms with E-state index in [-0.39, 0.29) is 5.49 Å². The number of ether oxygens (including phenoxy) is 1. The Kier molecular flexibility index (Phi) is 4.38. The Hall–Kier alpha value is -3.41. The summed E-state index contributed by atoms with van der Waals surface area (Å²) >= 11 is 0. The zero-order valence-electron chi connectivity index (χ0n) is 13.1. The van der Waals surface area contributed by atoms with Gasteiger partial charge in [-0.25, -0.2) is 9.78 Å². The molecule has 0 atom stereocenters. The standard InChI is InChI=1S/C18H16N4O2/c1-24-15-8-5-13(6-9-15)14-7-10-16(19)22(12-14)18(23)21-17-4-2-3-11-20-17/h2-12,19H,1H3,(H,20,21,23). The highest BCUT2D eigenvalue weighted by Gasteiger charge is 2.08. The summed E-state index contributed by atoms with van der Waals surface area (Å²) in [6.45, 7) is 0. The second-order valence-electron chi connectivity index (χ2n) is 5.05. The maximum atomic E-state index is 12.4. The second-order valence-corrected chi connectivity index (χ2v) is 5.05. The molecule has 2 heterocycles. The third-order valence-electron chi connectivity index (χ3n) is 3.49. The summed E-state index contributed by atoms with van der Waals surface area (Å²) in [6, 6.07) is 15.7. The Balaban J connectivity index is 1.91. The highest BCUT2D eigenvalue weighted by Crippen LogP contribution is 2.21. The first kappa shape index (κ1) is 15.5. The molecule has 0 radical (unpaired) electrons. The van der Waals surface area contributed by atoms with Gasteiger partial charge in [0.25, 0.3) is 0 Å². The SMILES string of the molecule is COc1ccc(-c2ccc(=N)n(C(=O)Nc3ccccn3)c2)cc1. The maximum Gasteiger partial charge on any atom is 0.332 e. The predicted molar refractivity (Wildman–Crippen MR) is 90.9 cm³/mol. The van der Waals surface area contributed by atoms with Gasteiger partial charge in [0.1, 0.15) is 17.1 Å². The van der Waals surface area contributed by atoms with E-state index in [4.69, 9.17) is 10.1 Å². The van der Waals surface area contributed by atoms with Crippen molar-refractivity contribution in [2.75, 3.05) is 12.4 Å². The van der Waals surface area contributed by atoms with Crippen molar-refractivity contribution in [2.45, 2.75) is 0 Å². The highest BCUT2D eigenvalue weighted by atomic mass is 16.5. The van der Waals surface area contributed by atoms with Gasteiger partial charge in [0.15, 0.2) is 0 Å². The van der Waals surface area contributed by atoms with Gasteiger partial charge in [-0.2, -0.15) is 0 Å². The lowest BCUT2D eigenvalue weighted by Crippen LogP contribution is -2.30. The summed E-state index contributed by atoms with van der Waals surface area (Å²) in [4.78, 5) is 16.4. The van der Waals surface area contributed by atoms with Crippen LogP contribution in [0.15, 0.2) is 67.0 Å². The number of nitrogens with zero attached hydrogens (tertiary/aromatic N) is 2. The number of anilines is 1. The normalized spacial score (nSPS) is 10.2. The Morgan fingerprint density at radius 3 is 2.50 bits per heavy atom. The van der Waals surface area contributed by atoms with E-state index in [9.17, 15) is 4.79 Å². The van der Waals surface area contributed by atoms with Crippen LogP contribution in [0.3, 0.4) is 0 Å². The molecule has 0 bridgehead atoms. The van der Waals surface area contributed by atoms with Gasteiger partial charge >= 0.3 is 6.03 Å². The molecule has 120 valence electrons. The lowest BCUT2D eigenvalue weighted by Gasteiger charge is -2.10. The van der Waals surface area contributed by atoms with E-state index in [1.807, 2.05) is 24.3 Å². The monoisotopic (exact) mass is 320 g/mol. The van der Waals surface area contributed by atoms with Gasteiger partial charge in [-0.1, -0.05) is 18.2 Å². The van der Waals surface area contributed by atoms with E-state index in [1.54, 1.807) is 49.8 Å². The number of pyridine rings is 2. The minimum Gasteiger partial charge on any atom is -0.497 e. The van der Waals surface area contributed by atoms with E-state index in [0.29, 0.717) is 5.82 Å². The molecule has 2 N–H and O–H groups in total. The molecule has 6 nitrogen and oxygen atoms in total. The molecule has 24 heavy (non-hydrogen) atoms. The number of rotatable bonds is 3. The first-order chi connectivity index (χ1) is 11.7. The zero-order valence-corrected chi connectivity index (χ0v) is 13.1. The molecule has 0 saturated heterocycles. The molecule has 0 fully saturated rings. The first-order valence-electron chi connectivity index (χ1n) is 7.31. The van der Waals surface area contributed by atoms with Crippen LogP contribution >= 0.6 is 0 Å². The Bertz CT molecular complexity index is 902. The number of benzene rings is 1. The molecule has 1 amide bonds. The summed E-state index contributed by atoms with van der Waals surface area (Å²) in [6.07, 6.45) is 3.22. The first-order valence-corrected chi connectivity index (χ1v) is 7.31. The summed E-state index contributed by atoms with van der Waals surface area (Å²) in [5.41, 5.74) is 1.83. The van der Waals surface area contributed by atoms with Crippen molar-refractivity contribution in [3.63, 3.8) is 0 Å². The van der Waals surface area contributed by atoms with Crippen LogP contribution in [-0.4, -0.2) is 22.7 Å². The third-order valence-corrected chi connectivity index (χ3v) is 3.49. The Morgan fingerprint density at radius 2 is 1.83 bits per heavy atom. The molecule has 0 saturated carbocycles. The van der Waals surface area contributed by atoms with Gasteiger partial charge in [0.05, 0.1) is 7.11 Å². The summed E-state index contributed by atoms with van der Waals surface area (Å²) in [7, 11) is 1.61. The second kappa shape index (κ2) is 6.78. The molecule has 0 aliphatic rings. The average Bonchev–Trinajstić information content (AvgIpc) is 2.63. The highest BCUT2D eigenvalue weighted by molar-refractivity contribution is 5.90. The number of hydrogen-bond donors (Lipinski definition) is 2. The maximum absolute atomic E-state index is 12.4.